The number of carboxylic acids is 1. The highest BCUT2D eigenvalue weighted by Crippen LogP contribution is 2.34. The zero-order valence-electron chi connectivity index (χ0n) is 6.93. The number of benzene rings is 1. The van der Waals surface area contributed by atoms with E-state index in [-0.39, 0.29) is 6.54 Å². The molecule has 1 aliphatic heterocycles. The number of aliphatic carboxylic acids is 1. The van der Waals surface area contributed by atoms with E-state index in [2.05, 4.69) is 0 Å². The van der Waals surface area contributed by atoms with E-state index in [4.69, 9.17) is 5.11 Å². The predicted octanol–water partition coefficient (Wildman–Crippen LogP) is 1.59. The second-order valence-corrected chi connectivity index (χ2v) is 4.03. The Kier molecular flexibility index (Phi) is 2.24. The molecular weight excluding hydrogens is 186 g/mol. The van der Waals surface area contributed by atoms with Crippen molar-refractivity contribution in [1.82, 2.24) is 4.31 Å². The first-order valence-corrected chi connectivity index (χ1v) is 4.75. The van der Waals surface area contributed by atoms with Gasteiger partial charge in [-0.25, -0.2) is 4.31 Å². The average Bonchev–Trinajstić information content (AvgIpc) is 2.44. The van der Waals surface area contributed by atoms with Gasteiger partial charge in [0.2, 0.25) is 0 Å². The number of nitrogens with zero attached hydrogens (tertiary/aromatic N) is 1. The van der Waals surface area contributed by atoms with E-state index in [1.165, 1.54) is 22.4 Å². The molecule has 1 aromatic rings. The number of carboxylic acid groups (broad SMARTS) is 1. The Morgan fingerprint density at radius 2 is 2.31 bits per heavy atom. The van der Waals surface area contributed by atoms with Crippen molar-refractivity contribution in [2.24, 2.45) is 0 Å². The molecule has 1 heterocycles. The van der Waals surface area contributed by atoms with Gasteiger partial charge >= 0.3 is 5.97 Å². The lowest BCUT2D eigenvalue weighted by atomic mass is 10.2. The van der Waals surface area contributed by atoms with Crippen LogP contribution in [0.3, 0.4) is 0 Å². The molecule has 68 valence electrons. The summed E-state index contributed by atoms with van der Waals surface area (Å²) < 4.78 is 1.84. The zero-order valence-corrected chi connectivity index (χ0v) is 7.75. The van der Waals surface area contributed by atoms with Gasteiger partial charge in [0.05, 0.1) is 0 Å². The molecule has 0 unspecified atom stereocenters. The third-order valence-corrected chi connectivity index (χ3v) is 2.97. The number of hydrogen-bond donors (Lipinski definition) is 1. The predicted molar refractivity (Wildman–Crippen MR) is 50.3 cm³/mol. The Labute approximate surface area is 80.5 Å². The van der Waals surface area contributed by atoms with Crippen molar-refractivity contribution >= 4 is 17.9 Å². The van der Waals surface area contributed by atoms with Crippen molar-refractivity contribution < 1.29 is 9.90 Å². The summed E-state index contributed by atoms with van der Waals surface area (Å²) in [5, 5.41) is 8.60. The topological polar surface area (TPSA) is 40.5 Å². The molecule has 4 heteroatoms. The van der Waals surface area contributed by atoms with Crippen LogP contribution in [0.2, 0.25) is 0 Å². The van der Waals surface area contributed by atoms with Crippen molar-refractivity contribution in [3.63, 3.8) is 0 Å². The zero-order chi connectivity index (χ0) is 9.26. The van der Waals surface area contributed by atoms with Crippen LogP contribution < -0.4 is 0 Å². The largest absolute Gasteiger partial charge is 0.480 e. The summed E-state index contributed by atoms with van der Waals surface area (Å²) in [5.41, 5.74) is 1.22. The van der Waals surface area contributed by atoms with Crippen LogP contribution in [0.25, 0.3) is 0 Å². The van der Waals surface area contributed by atoms with Crippen LogP contribution in [0.1, 0.15) is 5.56 Å². The molecule has 1 aliphatic rings. The normalized spacial score (nSPS) is 15.7. The van der Waals surface area contributed by atoms with Gasteiger partial charge in [-0.15, -0.1) is 0 Å². The maximum absolute atomic E-state index is 10.5. The summed E-state index contributed by atoms with van der Waals surface area (Å²) in [5.74, 6) is -0.777. The number of rotatable bonds is 2. The van der Waals surface area contributed by atoms with Crippen LogP contribution in [0.4, 0.5) is 0 Å². The fourth-order valence-electron chi connectivity index (χ4n) is 1.32. The van der Waals surface area contributed by atoms with Gasteiger partial charge in [-0.2, -0.15) is 0 Å². The van der Waals surface area contributed by atoms with E-state index < -0.39 is 5.97 Å². The van der Waals surface area contributed by atoms with Crippen LogP contribution in [0, 0.1) is 0 Å². The van der Waals surface area contributed by atoms with Crippen LogP contribution in [-0.4, -0.2) is 21.9 Å². The molecule has 0 amide bonds. The lowest BCUT2D eigenvalue weighted by Crippen LogP contribution is -2.19. The highest BCUT2D eigenvalue weighted by molar-refractivity contribution is 7.97. The van der Waals surface area contributed by atoms with Gasteiger partial charge in [-0.3, -0.25) is 4.79 Å². The van der Waals surface area contributed by atoms with Crippen molar-refractivity contribution in [2.75, 3.05) is 6.54 Å². The maximum atomic E-state index is 10.5. The minimum Gasteiger partial charge on any atom is -0.480 e. The van der Waals surface area contributed by atoms with Gasteiger partial charge in [-0.05, 0) is 23.6 Å². The number of carbonyl (C=O) groups is 1. The molecule has 1 N–H and O–H groups in total. The van der Waals surface area contributed by atoms with Crippen molar-refractivity contribution in [2.45, 2.75) is 11.4 Å². The van der Waals surface area contributed by atoms with Gasteiger partial charge in [0.1, 0.15) is 6.54 Å². The monoisotopic (exact) mass is 195 g/mol. The Bertz CT molecular complexity index is 315. The van der Waals surface area contributed by atoms with Gasteiger partial charge in [-0.1, -0.05) is 18.2 Å². The molecule has 1 aromatic carbocycles. The van der Waals surface area contributed by atoms with Gasteiger partial charge in [0, 0.05) is 11.4 Å². The molecule has 0 spiro atoms. The molecule has 0 bridgehead atoms. The Balaban J connectivity index is 2.09. The van der Waals surface area contributed by atoms with Crippen LogP contribution in [0.5, 0.6) is 0 Å². The third kappa shape index (κ3) is 1.84. The molecular formula is C9H9NO2S. The number of hydrogen-bond acceptors (Lipinski definition) is 3. The van der Waals surface area contributed by atoms with Crippen LogP contribution in [0.15, 0.2) is 29.2 Å². The lowest BCUT2D eigenvalue weighted by molar-refractivity contribution is -0.137. The van der Waals surface area contributed by atoms with Crippen LogP contribution >= 0.6 is 11.9 Å². The first-order valence-electron chi connectivity index (χ1n) is 3.98. The second kappa shape index (κ2) is 3.40. The highest BCUT2D eigenvalue weighted by atomic mass is 32.2. The Morgan fingerprint density at radius 1 is 1.54 bits per heavy atom. The summed E-state index contributed by atoms with van der Waals surface area (Å²) in [7, 11) is 0. The average molecular weight is 195 g/mol. The van der Waals surface area contributed by atoms with Gasteiger partial charge < -0.3 is 5.11 Å². The molecule has 13 heavy (non-hydrogen) atoms. The van der Waals surface area contributed by atoms with E-state index in [1.54, 1.807) is 0 Å². The van der Waals surface area contributed by atoms with Gasteiger partial charge in [0.15, 0.2) is 0 Å². The van der Waals surface area contributed by atoms with Crippen molar-refractivity contribution in [3.8, 4) is 0 Å². The number of fused-ring (bicyclic) bond motifs is 1. The molecule has 0 aromatic heterocycles. The highest BCUT2D eigenvalue weighted by Gasteiger charge is 2.20. The van der Waals surface area contributed by atoms with Crippen molar-refractivity contribution in [3.05, 3.63) is 29.8 Å². The molecule has 0 radical (unpaired) electrons. The maximum Gasteiger partial charge on any atom is 0.318 e. The molecule has 0 saturated carbocycles. The summed E-state index contributed by atoms with van der Waals surface area (Å²) in [6.07, 6.45) is 0. The molecule has 0 aliphatic carbocycles. The standard InChI is InChI=1S/C9H9NO2S/c11-9(12)6-10-5-7-3-1-2-4-8(7)13-10/h1-4H,5-6H2,(H,11,12). The minimum atomic E-state index is -0.777. The molecule has 0 saturated heterocycles. The van der Waals surface area contributed by atoms with Crippen LogP contribution in [-0.2, 0) is 11.3 Å². The van der Waals surface area contributed by atoms with E-state index in [1.807, 2.05) is 28.6 Å². The smallest absolute Gasteiger partial charge is 0.318 e. The SMILES string of the molecule is O=C(O)CN1Cc2ccccc2S1. The minimum absolute atomic E-state index is 0.0966. The fourth-order valence-corrected chi connectivity index (χ4v) is 2.37. The first kappa shape index (κ1) is 8.59. The first-order chi connectivity index (χ1) is 6.25. The molecule has 3 nitrogen and oxygen atoms in total. The summed E-state index contributed by atoms with van der Waals surface area (Å²) in [6, 6.07) is 7.99. The van der Waals surface area contributed by atoms with Gasteiger partial charge in [0.25, 0.3) is 0 Å². The fraction of sp³-hybridized carbons (Fsp3) is 0.222. The van der Waals surface area contributed by atoms with E-state index >= 15 is 0 Å². The second-order valence-electron chi connectivity index (χ2n) is 2.89. The summed E-state index contributed by atoms with van der Waals surface area (Å²) in [6.45, 7) is 0.826. The Morgan fingerprint density at radius 3 is 3.00 bits per heavy atom. The van der Waals surface area contributed by atoms with E-state index in [0.29, 0.717) is 0 Å². The van der Waals surface area contributed by atoms with E-state index in [0.717, 1.165) is 6.54 Å². The quantitative estimate of drug-likeness (QED) is 0.727. The third-order valence-electron chi connectivity index (χ3n) is 1.86. The summed E-state index contributed by atoms with van der Waals surface area (Å²) >= 11 is 1.52. The van der Waals surface area contributed by atoms with Crippen molar-refractivity contribution in [1.29, 1.82) is 0 Å². The van der Waals surface area contributed by atoms with E-state index in [9.17, 15) is 4.79 Å². The summed E-state index contributed by atoms with van der Waals surface area (Å²) in [4.78, 5) is 11.6. The lowest BCUT2D eigenvalue weighted by Gasteiger charge is -2.08. The Hall–Kier alpha value is -1.00. The molecule has 0 fully saturated rings. The molecule has 0 atom stereocenters. The molecule has 2 rings (SSSR count).